The number of hydrogen-bond acceptors (Lipinski definition) is 3. The molecule has 4 nitrogen and oxygen atoms in total. The largest absolute Gasteiger partial charge is 0.281 e. The quantitative estimate of drug-likeness (QED) is 0.852. The summed E-state index contributed by atoms with van der Waals surface area (Å²) in [6.45, 7) is 1.96. The molecule has 0 bridgehead atoms. The Bertz CT molecular complexity index is 622. The SMILES string of the molecule is Cc1ccc(N(C)S(=O)(=O)c2ccccn2)cc1. The molecule has 0 atom stereocenters. The van der Waals surface area contributed by atoms with E-state index >= 15 is 0 Å². The molecule has 5 heteroatoms. The molecule has 0 unspecified atom stereocenters. The fraction of sp³-hybridized carbons (Fsp3) is 0.154. The summed E-state index contributed by atoms with van der Waals surface area (Å²) in [5.74, 6) is 0. The molecule has 0 aliphatic rings. The van der Waals surface area contributed by atoms with Crippen molar-refractivity contribution in [3.63, 3.8) is 0 Å². The van der Waals surface area contributed by atoms with Crippen LogP contribution >= 0.6 is 0 Å². The average molecular weight is 262 g/mol. The third kappa shape index (κ3) is 2.36. The van der Waals surface area contributed by atoms with Gasteiger partial charge in [0.15, 0.2) is 5.03 Å². The number of benzene rings is 1. The first-order chi connectivity index (χ1) is 8.51. The molecular weight excluding hydrogens is 248 g/mol. The molecule has 0 saturated heterocycles. The molecule has 0 spiro atoms. The summed E-state index contributed by atoms with van der Waals surface area (Å²) in [7, 11) is -2.06. The molecule has 0 aliphatic heterocycles. The number of aryl methyl sites for hydroxylation is 1. The number of anilines is 1. The zero-order chi connectivity index (χ0) is 13.2. The third-order valence-electron chi connectivity index (χ3n) is 2.66. The Kier molecular flexibility index (Phi) is 3.34. The van der Waals surface area contributed by atoms with Crippen LogP contribution in [-0.4, -0.2) is 20.4 Å². The number of pyridine rings is 1. The Hall–Kier alpha value is -1.88. The highest BCUT2D eigenvalue weighted by Gasteiger charge is 2.21. The van der Waals surface area contributed by atoms with Gasteiger partial charge in [0.2, 0.25) is 0 Å². The Morgan fingerprint density at radius 2 is 1.72 bits per heavy atom. The van der Waals surface area contributed by atoms with E-state index in [9.17, 15) is 8.42 Å². The molecule has 18 heavy (non-hydrogen) atoms. The summed E-state index contributed by atoms with van der Waals surface area (Å²) >= 11 is 0. The fourth-order valence-electron chi connectivity index (χ4n) is 1.53. The van der Waals surface area contributed by atoms with E-state index in [2.05, 4.69) is 4.98 Å². The highest BCUT2D eigenvalue weighted by molar-refractivity contribution is 7.92. The van der Waals surface area contributed by atoms with Crippen molar-refractivity contribution in [2.75, 3.05) is 11.4 Å². The van der Waals surface area contributed by atoms with Crippen LogP contribution in [0.25, 0.3) is 0 Å². The summed E-state index contributed by atoms with van der Waals surface area (Å²) in [6, 6.07) is 12.1. The van der Waals surface area contributed by atoms with Crippen LogP contribution < -0.4 is 4.31 Å². The van der Waals surface area contributed by atoms with E-state index < -0.39 is 10.0 Å². The highest BCUT2D eigenvalue weighted by Crippen LogP contribution is 2.20. The van der Waals surface area contributed by atoms with Crippen LogP contribution in [0, 0.1) is 6.92 Å². The molecule has 2 rings (SSSR count). The number of hydrogen-bond donors (Lipinski definition) is 0. The van der Waals surface area contributed by atoms with Crippen LogP contribution in [0.5, 0.6) is 0 Å². The summed E-state index contributed by atoms with van der Waals surface area (Å²) in [5, 5.41) is 0.0491. The molecule has 0 amide bonds. The second-order valence-electron chi connectivity index (χ2n) is 3.98. The van der Waals surface area contributed by atoms with Gasteiger partial charge in [-0.05, 0) is 31.2 Å². The normalized spacial score (nSPS) is 11.2. The Balaban J connectivity index is 2.39. The second-order valence-corrected chi connectivity index (χ2v) is 5.89. The average Bonchev–Trinajstić information content (AvgIpc) is 2.40. The molecule has 94 valence electrons. The maximum absolute atomic E-state index is 12.3. The van der Waals surface area contributed by atoms with Gasteiger partial charge in [0.1, 0.15) is 0 Å². The number of nitrogens with zero attached hydrogens (tertiary/aromatic N) is 2. The van der Waals surface area contributed by atoms with Crippen LogP contribution in [0.4, 0.5) is 5.69 Å². The van der Waals surface area contributed by atoms with Gasteiger partial charge in [-0.15, -0.1) is 0 Å². The first kappa shape index (κ1) is 12.6. The Labute approximate surface area is 107 Å². The maximum Gasteiger partial charge on any atom is 0.281 e. The van der Waals surface area contributed by atoms with Crippen molar-refractivity contribution >= 4 is 15.7 Å². The van der Waals surface area contributed by atoms with Gasteiger partial charge >= 0.3 is 0 Å². The van der Waals surface area contributed by atoms with E-state index in [1.54, 1.807) is 24.3 Å². The lowest BCUT2D eigenvalue weighted by Crippen LogP contribution is -2.27. The highest BCUT2D eigenvalue weighted by atomic mass is 32.2. The molecular formula is C13H14N2O2S. The molecule has 2 aromatic rings. The Morgan fingerprint density at radius 1 is 1.06 bits per heavy atom. The lowest BCUT2D eigenvalue weighted by Gasteiger charge is -2.18. The third-order valence-corrected chi connectivity index (χ3v) is 4.36. The number of aromatic nitrogens is 1. The van der Waals surface area contributed by atoms with E-state index in [1.807, 2.05) is 19.1 Å². The van der Waals surface area contributed by atoms with Gasteiger partial charge in [0, 0.05) is 13.2 Å². The van der Waals surface area contributed by atoms with Crippen LogP contribution in [-0.2, 0) is 10.0 Å². The van der Waals surface area contributed by atoms with E-state index in [0.717, 1.165) is 5.56 Å². The fourth-order valence-corrected chi connectivity index (χ4v) is 2.66. The number of rotatable bonds is 3. The van der Waals surface area contributed by atoms with Crippen molar-refractivity contribution in [3.05, 3.63) is 54.2 Å². The Morgan fingerprint density at radius 3 is 2.28 bits per heavy atom. The molecule has 0 saturated carbocycles. The lowest BCUT2D eigenvalue weighted by atomic mass is 10.2. The smallest absolute Gasteiger partial charge is 0.268 e. The van der Waals surface area contributed by atoms with Gasteiger partial charge in [0.25, 0.3) is 10.0 Å². The zero-order valence-corrected chi connectivity index (χ0v) is 11.1. The predicted molar refractivity (Wildman–Crippen MR) is 71.0 cm³/mol. The lowest BCUT2D eigenvalue weighted by molar-refractivity contribution is 0.590. The van der Waals surface area contributed by atoms with Gasteiger partial charge in [-0.25, -0.2) is 4.98 Å². The molecule has 0 aliphatic carbocycles. The zero-order valence-electron chi connectivity index (χ0n) is 10.2. The van der Waals surface area contributed by atoms with Crippen LogP contribution in [0.15, 0.2) is 53.7 Å². The van der Waals surface area contributed by atoms with Crippen molar-refractivity contribution in [2.45, 2.75) is 11.9 Å². The second kappa shape index (κ2) is 4.78. The van der Waals surface area contributed by atoms with Crippen molar-refractivity contribution in [2.24, 2.45) is 0 Å². The van der Waals surface area contributed by atoms with Crippen molar-refractivity contribution < 1.29 is 8.42 Å². The topological polar surface area (TPSA) is 50.3 Å². The minimum absolute atomic E-state index is 0.0491. The molecule has 0 radical (unpaired) electrons. The summed E-state index contributed by atoms with van der Waals surface area (Å²) in [6.07, 6.45) is 1.47. The van der Waals surface area contributed by atoms with Crippen LogP contribution in [0.3, 0.4) is 0 Å². The molecule has 1 aromatic carbocycles. The maximum atomic E-state index is 12.3. The van der Waals surface area contributed by atoms with Crippen molar-refractivity contribution in [1.29, 1.82) is 0 Å². The number of sulfonamides is 1. The van der Waals surface area contributed by atoms with E-state index in [1.165, 1.54) is 23.6 Å². The van der Waals surface area contributed by atoms with Gasteiger partial charge in [-0.2, -0.15) is 8.42 Å². The van der Waals surface area contributed by atoms with Crippen LogP contribution in [0.2, 0.25) is 0 Å². The summed E-state index contributed by atoms with van der Waals surface area (Å²) in [5.41, 5.74) is 1.70. The van der Waals surface area contributed by atoms with Gasteiger partial charge in [-0.3, -0.25) is 4.31 Å². The monoisotopic (exact) mass is 262 g/mol. The first-order valence-electron chi connectivity index (χ1n) is 5.48. The molecule has 0 N–H and O–H groups in total. The van der Waals surface area contributed by atoms with Crippen LogP contribution in [0.1, 0.15) is 5.56 Å². The summed E-state index contributed by atoms with van der Waals surface area (Å²) in [4.78, 5) is 3.88. The van der Waals surface area contributed by atoms with Gasteiger partial charge < -0.3 is 0 Å². The molecule has 1 heterocycles. The molecule has 0 fully saturated rings. The standard InChI is InChI=1S/C13H14N2O2S/c1-11-6-8-12(9-7-11)15(2)18(16,17)13-5-3-4-10-14-13/h3-10H,1-2H3. The van der Waals surface area contributed by atoms with E-state index in [-0.39, 0.29) is 5.03 Å². The minimum Gasteiger partial charge on any atom is -0.268 e. The van der Waals surface area contributed by atoms with E-state index in [0.29, 0.717) is 5.69 Å². The minimum atomic E-state index is -3.58. The van der Waals surface area contributed by atoms with Gasteiger partial charge in [0.05, 0.1) is 5.69 Å². The van der Waals surface area contributed by atoms with Crippen molar-refractivity contribution in [3.8, 4) is 0 Å². The predicted octanol–water partition coefficient (Wildman–Crippen LogP) is 2.22. The first-order valence-corrected chi connectivity index (χ1v) is 6.92. The summed E-state index contributed by atoms with van der Waals surface area (Å²) < 4.78 is 25.8. The van der Waals surface area contributed by atoms with Crippen molar-refractivity contribution in [1.82, 2.24) is 4.98 Å². The van der Waals surface area contributed by atoms with Gasteiger partial charge in [-0.1, -0.05) is 23.8 Å². The van der Waals surface area contributed by atoms with E-state index in [4.69, 9.17) is 0 Å². The molecule has 1 aromatic heterocycles.